The van der Waals surface area contributed by atoms with Gasteiger partial charge in [-0.3, -0.25) is 10.1 Å². The first-order chi connectivity index (χ1) is 14.9. The predicted octanol–water partition coefficient (Wildman–Crippen LogP) is 4.42. The normalized spacial score (nSPS) is 16.0. The van der Waals surface area contributed by atoms with Gasteiger partial charge in [0.25, 0.3) is 5.69 Å². The van der Waals surface area contributed by atoms with Crippen LogP contribution in [0.2, 0.25) is 0 Å². The van der Waals surface area contributed by atoms with Gasteiger partial charge < -0.3 is 19.3 Å². The summed E-state index contributed by atoms with van der Waals surface area (Å²) in [6.45, 7) is 0. The Hall–Kier alpha value is -3.79. The highest BCUT2D eigenvalue weighted by molar-refractivity contribution is 8.18. The van der Waals surface area contributed by atoms with E-state index >= 15 is 0 Å². The number of ether oxygens (including phenoxy) is 3. The summed E-state index contributed by atoms with van der Waals surface area (Å²) in [4.78, 5) is 27.5. The van der Waals surface area contributed by atoms with Crippen molar-refractivity contribution in [1.82, 2.24) is 0 Å². The monoisotopic (exact) mass is 442 g/mol. The Kier molecular flexibility index (Phi) is 6.61. The molecule has 0 bridgehead atoms. The molecule has 9 nitrogen and oxygen atoms in total. The molecule has 2 aromatic carbocycles. The molecular formula is C21H18N2O7S. The number of hydrogen-bond acceptors (Lipinski definition) is 9. The fourth-order valence-electron chi connectivity index (χ4n) is 2.78. The van der Waals surface area contributed by atoms with Gasteiger partial charge in [-0.05, 0) is 30.3 Å². The third-order valence-electron chi connectivity index (χ3n) is 4.27. The highest BCUT2D eigenvalue weighted by atomic mass is 32.2. The second-order valence-electron chi connectivity index (χ2n) is 6.13. The van der Waals surface area contributed by atoms with E-state index in [1.807, 2.05) is 0 Å². The molecule has 0 radical (unpaired) electrons. The smallest absolute Gasteiger partial charge is 0.344 e. The van der Waals surface area contributed by atoms with Gasteiger partial charge in [0.05, 0.1) is 36.8 Å². The number of nitrogens with zero attached hydrogens (tertiary/aromatic N) is 2. The van der Waals surface area contributed by atoms with Gasteiger partial charge in [0, 0.05) is 17.7 Å². The van der Waals surface area contributed by atoms with E-state index in [2.05, 4.69) is 4.99 Å². The lowest BCUT2D eigenvalue weighted by Crippen LogP contribution is -2.10. The Balaban J connectivity index is 2.09. The number of hydrogen-bond donors (Lipinski definition) is 1. The van der Waals surface area contributed by atoms with E-state index in [1.165, 1.54) is 39.5 Å². The van der Waals surface area contributed by atoms with Crippen LogP contribution in [0, 0.1) is 10.1 Å². The summed E-state index contributed by atoms with van der Waals surface area (Å²) in [5.41, 5.74) is 0.587. The zero-order valence-corrected chi connectivity index (χ0v) is 17.6. The van der Waals surface area contributed by atoms with Gasteiger partial charge in [-0.1, -0.05) is 17.8 Å². The van der Waals surface area contributed by atoms with Crippen molar-refractivity contribution in [1.29, 1.82) is 0 Å². The molecule has 0 amide bonds. The van der Waals surface area contributed by atoms with Crippen molar-refractivity contribution in [2.45, 2.75) is 0 Å². The van der Waals surface area contributed by atoms with Gasteiger partial charge in [0.2, 0.25) is 0 Å². The topological polar surface area (TPSA) is 120 Å². The minimum absolute atomic E-state index is 0.132. The first kappa shape index (κ1) is 21.9. The van der Waals surface area contributed by atoms with Crippen molar-refractivity contribution in [2.24, 2.45) is 4.99 Å². The number of aliphatic imine (C=N–C) groups is 1. The molecule has 0 saturated carbocycles. The van der Waals surface area contributed by atoms with Crippen molar-refractivity contribution in [3.8, 4) is 11.5 Å². The van der Waals surface area contributed by atoms with Crippen molar-refractivity contribution < 1.29 is 29.0 Å². The van der Waals surface area contributed by atoms with Gasteiger partial charge >= 0.3 is 5.97 Å². The average Bonchev–Trinajstić information content (AvgIpc) is 3.07. The number of non-ortho nitro benzene ring substituents is 1. The fraction of sp³-hybridized carbons (Fsp3) is 0.143. The van der Waals surface area contributed by atoms with Gasteiger partial charge in [-0.15, -0.1) is 0 Å². The lowest BCUT2D eigenvalue weighted by Gasteiger charge is -2.08. The van der Waals surface area contributed by atoms with Crippen molar-refractivity contribution >= 4 is 40.2 Å². The maximum Gasteiger partial charge on any atom is 0.344 e. The van der Waals surface area contributed by atoms with Crippen LogP contribution in [0.1, 0.15) is 5.56 Å². The molecule has 0 fully saturated rings. The van der Waals surface area contributed by atoms with Crippen LogP contribution in [0.4, 0.5) is 11.4 Å². The first-order valence-electron chi connectivity index (χ1n) is 8.85. The highest BCUT2D eigenvalue weighted by Gasteiger charge is 2.33. The van der Waals surface area contributed by atoms with E-state index in [1.54, 1.807) is 30.3 Å². The molecule has 0 aliphatic carbocycles. The molecule has 1 N–H and O–H groups in total. The number of nitro benzene ring substituents is 1. The van der Waals surface area contributed by atoms with Gasteiger partial charge in [-0.25, -0.2) is 9.79 Å². The predicted molar refractivity (Wildman–Crippen MR) is 117 cm³/mol. The number of aliphatic hydroxyl groups excluding tert-OH is 1. The lowest BCUT2D eigenvalue weighted by atomic mass is 10.1. The molecule has 1 heterocycles. The molecule has 1 aliphatic heterocycles. The summed E-state index contributed by atoms with van der Waals surface area (Å²) in [5, 5.41) is 21.9. The summed E-state index contributed by atoms with van der Waals surface area (Å²) in [6.07, 6.45) is 1.63. The third kappa shape index (κ3) is 4.69. The second kappa shape index (κ2) is 9.35. The van der Waals surface area contributed by atoms with Crippen LogP contribution in [-0.2, 0) is 9.53 Å². The maximum atomic E-state index is 12.3. The zero-order valence-electron chi connectivity index (χ0n) is 16.8. The molecule has 31 heavy (non-hydrogen) atoms. The molecular weight excluding hydrogens is 424 g/mol. The summed E-state index contributed by atoms with van der Waals surface area (Å²) in [6, 6.07) is 10.8. The van der Waals surface area contributed by atoms with Crippen molar-refractivity contribution in [2.75, 3.05) is 21.3 Å². The number of rotatable bonds is 6. The molecule has 2 aromatic rings. The van der Waals surface area contributed by atoms with E-state index in [0.717, 1.165) is 11.8 Å². The number of esters is 1. The van der Waals surface area contributed by atoms with Crippen LogP contribution in [-0.4, -0.2) is 42.4 Å². The highest BCUT2D eigenvalue weighted by Crippen LogP contribution is 2.41. The summed E-state index contributed by atoms with van der Waals surface area (Å²) >= 11 is 1.03. The molecule has 3 rings (SSSR count). The molecule has 10 heteroatoms. The Bertz CT molecular complexity index is 1140. The van der Waals surface area contributed by atoms with Gasteiger partial charge in [0.1, 0.15) is 27.9 Å². The Morgan fingerprint density at radius 2 is 1.94 bits per heavy atom. The van der Waals surface area contributed by atoms with Crippen LogP contribution >= 0.6 is 11.8 Å². The largest absolute Gasteiger partial charge is 0.506 e. The second-order valence-corrected chi connectivity index (χ2v) is 7.16. The van der Waals surface area contributed by atoms with E-state index in [9.17, 15) is 20.0 Å². The quantitative estimate of drug-likeness (QED) is 0.397. The minimum atomic E-state index is -0.782. The average molecular weight is 442 g/mol. The molecule has 0 unspecified atom stereocenters. The summed E-state index contributed by atoms with van der Waals surface area (Å²) < 4.78 is 15.4. The van der Waals surface area contributed by atoms with Crippen molar-refractivity contribution in [3.05, 3.63) is 74.4 Å². The van der Waals surface area contributed by atoms with E-state index in [4.69, 9.17) is 14.2 Å². The summed E-state index contributed by atoms with van der Waals surface area (Å²) in [7, 11) is 4.22. The Morgan fingerprint density at radius 3 is 2.58 bits per heavy atom. The van der Waals surface area contributed by atoms with Crippen LogP contribution < -0.4 is 9.47 Å². The van der Waals surface area contributed by atoms with Crippen LogP contribution in [0.15, 0.2) is 63.7 Å². The van der Waals surface area contributed by atoms with Gasteiger partial charge in [-0.2, -0.15) is 0 Å². The Labute approximate surface area is 181 Å². The number of benzene rings is 2. The number of nitro groups is 1. The van der Waals surface area contributed by atoms with E-state index in [0.29, 0.717) is 22.0 Å². The molecule has 160 valence electrons. The van der Waals surface area contributed by atoms with Crippen LogP contribution in [0.25, 0.3) is 6.08 Å². The molecule has 0 atom stereocenters. The number of aliphatic hydroxyl groups is 1. The number of carbonyl (C=O) groups is 1. The Morgan fingerprint density at radius 1 is 1.16 bits per heavy atom. The first-order valence-corrected chi connectivity index (χ1v) is 9.66. The van der Waals surface area contributed by atoms with E-state index in [-0.39, 0.29) is 27.8 Å². The van der Waals surface area contributed by atoms with Crippen LogP contribution in [0.3, 0.4) is 0 Å². The van der Waals surface area contributed by atoms with E-state index < -0.39 is 10.9 Å². The zero-order chi connectivity index (χ0) is 22.5. The fourth-order valence-corrected chi connectivity index (χ4v) is 3.80. The summed E-state index contributed by atoms with van der Waals surface area (Å²) in [5.74, 6) is 0.0178. The number of thioether (sulfide) groups is 1. The standard InChI is InChI=1S/C21H18N2O7S/c1-28-15-7-8-16(29-2)12(9-15)10-17-19(24)18(21(25)30-3)20(31-17)22-13-5-4-6-14(11-13)23(26)27/h4-11,24H,1-3H3. The van der Waals surface area contributed by atoms with Crippen molar-refractivity contribution in [3.63, 3.8) is 0 Å². The van der Waals surface area contributed by atoms with Gasteiger partial charge in [0.15, 0.2) is 0 Å². The number of methoxy groups -OCH3 is 3. The SMILES string of the molecule is COC(=O)C1=C(O)C(=Cc2cc(OC)ccc2OC)SC1=Nc1cccc([N+](=O)[O-])c1. The molecule has 0 aromatic heterocycles. The minimum Gasteiger partial charge on any atom is -0.506 e. The maximum absolute atomic E-state index is 12.3. The molecule has 0 spiro atoms. The molecule has 0 saturated heterocycles. The molecule has 1 aliphatic rings. The third-order valence-corrected chi connectivity index (χ3v) is 5.29. The van der Waals surface area contributed by atoms with Crippen LogP contribution in [0.5, 0.6) is 11.5 Å². The number of carbonyl (C=O) groups excluding carboxylic acids is 1. The lowest BCUT2D eigenvalue weighted by molar-refractivity contribution is -0.384.